The minimum absolute atomic E-state index is 0.0792. The highest BCUT2D eigenvalue weighted by atomic mass is 35.5. The summed E-state index contributed by atoms with van der Waals surface area (Å²) in [5, 5.41) is 3.92. The molecule has 3 rings (SSSR count). The van der Waals surface area contributed by atoms with E-state index in [2.05, 4.69) is 22.3 Å². The second-order valence-corrected chi connectivity index (χ2v) is 8.61. The van der Waals surface area contributed by atoms with Crippen molar-refractivity contribution in [3.8, 4) is 0 Å². The number of hydrogen-bond donors (Lipinski definition) is 1. The van der Waals surface area contributed by atoms with Crippen LogP contribution in [0.25, 0.3) is 0 Å². The minimum Gasteiger partial charge on any atom is -0.352 e. The van der Waals surface area contributed by atoms with Gasteiger partial charge >= 0.3 is 0 Å². The molecular formula is C21H25ClN2OS. The molecule has 0 aromatic heterocycles. The zero-order valence-corrected chi connectivity index (χ0v) is 16.6. The van der Waals surface area contributed by atoms with Gasteiger partial charge in [0.25, 0.3) is 0 Å². The van der Waals surface area contributed by atoms with Gasteiger partial charge in [-0.1, -0.05) is 41.9 Å². The van der Waals surface area contributed by atoms with Gasteiger partial charge in [0.15, 0.2) is 0 Å². The van der Waals surface area contributed by atoms with Crippen molar-refractivity contribution in [2.24, 2.45) is 0 Å². The van der Waals surface area contributed by atoms with Crippen LogP contribution in [0.4, 0.5) is 0 Å². The molecule has 1 atom stereocenters. The lowest BCUT2D eigenvalue weighted by Gasteiger charge is -2.32. The topological polar surface area (TPSA) is 32.3 Å². The fourth-order valence-electron chi connectivity index (χ4n) is 3.16. The number of amides is 1. The smallest absolute Gasteiger partial charge is 0.233 e. The number of piperidine rings is 1. The van der Waals surface area contributed by atoms with Crippen molar-refractivity contribution in [3.63, 3.8) is 0 Å². The van der Waals surface area contributed by atoms with Gasteiger partial charge in [-0.3, -0.25) is 9.69 Å². The highest BCUT2D eigenvalue weighted by molar-refractivity contribution is 8.00. The lowest BCUT2D eigenvalue weighted by Crippen LogP contribution is -2.46. The van der Waals surface area contributed by atoms with E-state index in [0.29, 0.717) is 0 Å². The summed E-state index contributed by atoms with van der Waals surface area (Å²) in [7, 11) is 0. The second-order valence-electron chi connectivity index (χ2n) is 6.76. The van der Waals surface area contributed by atoms with Gasteiger partial charge in [0, 0.05) is 35.6 Å². The fourth-order valence-corrected chi connectivity index (χ4v) is 4.18. The van der Waals surface area contributed by atoms with Crippen molar-refractivity contribution in [3.05, 3.63) is 65.2 Å². The van der Waals surface area contributed by atoms with Gasteiger partial charge in [-0.05, 0) is 49.6 Å². The molecule has 138 valence electrons. The summed E-state index contributed by atoms with van der Waals surface area (Å²) in [6.45, 7) is 4.93. The number of likely N-dealkylation sites (tertiary alicyclic amines) is 1. The van der Waals surface area contributed by atoms with Crippen molar-refractivity contribution in [2.75, 3.05) is 13.1 Å². The van der Waals surface area contributed by atoms with Crippen molar-refractivity contribution in [1.29, 1.82) is 0 Å². The van der Waals surface area contributed by atoms with E-state index in [0.717, 1.165) is 42.4 Å². The normalized spacial score (nSPS) is 17.0. The van der Waals surface area contributed by atoms with Gasteiger partial charge in [0.2, 0.25) is 5.91 Å². The van der Waals surface area contributed by atoms with Gasteiger partial charge in [0.1, 0.15) is 0 Å². The maximum atomic E-state index is 12.5. The molecule has 3 nitrogen and oxygen atoms in total. The average molecular weight is 389 g/mol. The monoisotopic (exact) mass is 388 g/mol. The van der Waals surface area contributed by atoms with E-state index in [1.54, 1.807) is 11.8 Å². The molecule has 1 amide bonds. The Morgan fingerprint density at radius 2 is 1.81 bits per heavy atom. The van der Waals surface area contributed by atoms with Gasteiger partial charge in [-0.25, -0.2) is 0 Å². The SMILES string of the molecule is CC(Sc1ccccc1)C(=O)NC1CCN(Cc2ccc(Cl)cc2)CC1. The molecule has 26 heavy (non-hydrogen) atoms. The van der Waals surface area contributed by atoms with Crippen LogP contribution in [-0.2, 0) is 11.3 Å². The Labute approximate surface area is 165 Å². The first-order valence-electron chi connectivity index (χ1n) is 9.09. The standard InChI is InChI=1S/C21H25ClN2OS/c1-16(26-20-5-3-2-4-6-20)21(25)23-19-11-13-24(14-12-19)15-17-7-9-18(22)10-8-17/h2-10,16,19H,11-15H2,1H3,(H,23,25). The molecule has 5 heteroatoms. The molecule has 1 fully saturated rings. The molecule has 2 aromatic carbocycles. The van der Waals surface area contributed by atoms with E-state index in [1.807, 2.05) is 49.4 Å². The molecule has 0 bridgehead atoms. The summed E-state index contributed by atoms with van der Waals surface area (Å²) < 4.78 is 0. The van der Waals surface area contributed by atoms with Crippen LogP contribution in [0.3, 0.4) is 0 Å². The fraction of sp³-hybridized carbons (Fsp3) is 0.381. The number of halogens is 1. The molecule has 0 aliphatic carbocycles. The molecular weight excluding hydrogens is 364 g/mol. The third kappa shape index (κ3) is 5.76. The number of benzene rings is 2. The maximum absolute atomic E-state index is 12.5. The number of carbonyl (C=O) groups excluding carboxylic acids is 1. The number of thioether (sulfide) groups is 1. The van der Waals surface area contributed by atoms with Crippen LogP contribution < -0.4 is 5.32 Å². The molecule has 1 unspecified atom stereocenters. The molecule has 1 saturated heterocycles. The Morgan fingerprint density at radius 1 is 1.15 bits per heavy atom. The summed E-state index contributed by atoms with van der Waals surface area (Å²) in [6, 6.07) is 18.4. The Kier molecular flexibility index (Phi) is 7.00. The zero-order valence-electron chi connectivity index (χ0n) is 15.0. The lowest BCUT2D eigenvalue weighted by atomic mass is 10.0. The zero-order chi connectivity index (χ0) is 18.4. The van der Waals surface area contributed by atoms with E-state index >= 15 is 0 Å². The largest absolute Gasteiger partial charge is 0.352 e. The number of nitrogens with zero attached hydrogens (tertiary/aromatic N) is 1. The predicted octanol–water partition coefficient (Wildman–Crippen LogP) is 4.60. The van der Waals surface area contributed by atoms with Crippen molar-refractivity contribution < 1.29 is 4.79 Å². The first kappa shape index (κ1) is 19.3. The van der Waals surface area contributed by atoms with Crippen LogP contribution in [0, 0.1) is 0 Å². The number of carbonyl (C=O) groups is 1. The van der Waals surface area contributed by atoms with Crippen LogP contribution in [0.1, 0.15) is 25.3 Å². The van der Waals surface area contributed by atoms with E-state index < -0.39 is 0 Å². The summed E-state index contributed by atoms with van der Waals surface area (Å²) in [5.41, 5.74) is 1.28. The third-order valence-corrected chi connectivity index (χ3v) is 6.04. The van der Waals surface area contributed by atoms with Crippen LogP contribution >= 0.6 is 23.4 Å². The maximum Gasteiger partial charge on any atom is 0.233 e. The average Bonchev–Trinajstić information content (AvgIpc) is 2.66. The number of nitrogens with one attached hydrogen (secondary N) is 1. The van der Waals surface area contributed by atoms with Crippen LogP contribution in [0.2, 0.25) is 5.02 Å². The predicted molar refractivity (Wildman–Crippen MR) is 110 cm³/mol. The lowest BCUT2D eigenvalue weighted by molar-refractivity contribution is -0.121. The second kappa shape index (κ2) is 9.45. The summed E-state index contributed by atoms with van der Waals surface area (Å²) in [4.78, 5) is 16.0. The Hall–Kier alpha value is -1.49. The first-order chi connectivity index (χ1) is 12.6. The van der Waals surface area contributed by atoms with Crippen LogP contribution in [0.5, 0.6) is 0 Å². The Balaban J connectivity index is 1.41. The molecule has 1 aliphatic rings. The van der Waals surface area contributed by atoms with Crippen molar-refractivity contribution in [2.45, 2.75) is 42.5 Å². The molecule has 1 aliphatic heterocycles. The Bertz CT molecular complexity index is 700. The van der Waals surface area contributed by atoms with Gasteiger partial charge in [-0.2, -0.15) is 0 Å². The Morgan fingerprint density at radius 3 is 2.46 bits per heavy atom. The molecule has 1 N–H and O–H groups in total. The summed E-state index contributed by atoms with van der Waals surface area (Å²) >= 11 is 7.55. The highest BCUT2D eigenvalue weighted by Gasteiger charge is 2.23. The summed E-state index contributed by atoms with van der Waals surface area (Å²) in [6.07, 6.45) is 2.00. The number of hydrogen-bond acceptors (Lipinski definition) is 3. The third-order valence-electron chi connectivity index (χ3n) is 4.68. The molecule has 0 saturated carbocycles. The first-order valence-corrected chi connectivity index (χ1v) is 10.3. The minimum atomic E-state index is -0.0792. The van der Waals surface area contributed by atoms with Gasteiger partial charge in [-0.15, -0.1) is 11.8 Å². The molecule has 2 aromatic rings. The van der Waals surface area contributed by atoms with E-state index in [1.165, 1.54) is 5.56 Å². The molecule has 1 heterocycles. The van der Waals surface area contributed by atoms with Crippen LogP contribution in [0.15, 0.2) is 59.5 Å². The van der Waals surface area contributed by atoms with Crippen molar-refractivity contribution in [1.82, 2.24) is 10.2 Å². The van der Waals surface area contributed by atoms with E-state index in [9.17, 15) is 4.79 Å². The molecule has 0 spiro atoms. The van der Waals surface area contributed by atoms with E-state index in [-0.39, 0.29) is 17.2 Å². The quantitative estimate of drug-likeness (QED) is 0.734. The van der Waals surface area contributed by atoms with Crippen molar-refractivity contribution >= 4 is 29.3 Å². The van der Waals surface area contributed by atoms with Gasteiger partial charge in [0.05, 0.1) is 5.25 Å². The van der Waals surface area contributed by atoms with Gasteiger partial charge < -0.3 is 5.32 Å². The highest BCUT2D eigenvalue weighted by Crippen LogP contribution is 2.23. The van der Waals surface area contributed by atoms with E-state index in [4.69, 9.17) is 11.6 Å². The van der Waals surface area contributed by atoms with Crippen LogP contribution in [-0.4, -0.2) is 35.2 Å². The number of rotatable bonds is 6. The molecule has 0 radical (unpaired) electrons. The summed E-state index contributed by atoms with van der Waals surface area (Å²) in [5.74, 6) is 0.134.